The van der Waals surface area contributed by atoms with Gasteiger partial charge in [0.25, 0.3) is 0 Å². The summed E-state index contributed by atoms with van der Waals surface area (Å²) in [6.45, 7) is 0. The van der Waals surface area contributed by atoms with Gasteiger partial charge in [0.2, 0.25) is 0 Å². The highest BCUT2D eigenvalue weighted by Gasteiger charge is 2.41. The van der Waals surface area contributed by atoms with Crippen molar-refractivity contribution >= 4 is 11.8 Å². The van der Waals surface area contributed by atoms with Crippen LogP contribution in [-0.4, -0.2) is 22.2 Å². The molecule has 1 aliphatic carbocycles. The molecule has 0 aromatic carbocycles. The van der Waals surface area contributed by atoms with Gasteiger partial charge in [0.15, 0.2) is 0 Å². The van der Waals surface area contributed by atoms with E-state index in [0.717, 1.165) is 12.8 Å². The maximum absolute atomic E-state index is 9.37. The molecule has 1 N–H and O–H groups in total. The number of aliphatic hydroxyl groups is 1. The van der Waals surface area contributed by atoms with Crippen LogP contribution in [0, 0.1) is 12.3 Å². The Bertz CT molecular complexity index is 150. The third-order valence-corrected chi connectivity index (χ3v) is 3.71. The summed E-state index contributed by atoms with van der Waals surface area (Å²) >= 11 is 1.70. The van der Waals surface area contributed by atoms with E-state index in [0.29, 0.717) is 0 Å². The second kappa shape index (κ2) is 2.86. The summed E-state index contributed by atoms with van der Waals surface area (Å²) in [5.41, 5.74) is 0. The van der Waals surface area contributed by atoms with Crippen molar-refractivity contribution in [1.82, 2.24) is 0 Å². The van der Waals surface area contributed by atoms with Gasteiger partial charge < -0.3 is 5.11 Å². The molecule has 1 atom stereocenters. The van der Waals surface area contributed by atoms with Crippen LogP contribution in [0.4, 0.5) is 0 Å². The van der Waals surface area contributed by atoms with Crippen LogP contribution in [0.2, 0.25) is 0 Å². The summed E-state index contributed by atoms with van der Waals surface area (Å²) in [6, 6.07) is 0. The minimum Gasteiger partial charge on any atom is -0.379 e. The van der Waals surface area contributed by atoms with Crippen LogP contribution in [0.1, 0.15) is 19.3 Å². The molecule has 0 bridgehead atoms. The zero-order valence-electron chi connectivity index (χ0n) is 6.13. The monoisotopic (exact) mass is 156 g/mol. The number of thioether (sulfide) groups is 1. The molecule has 1 saturated carbocycles. The van der Waals surface area contributed by atoms with Gasteiger partial charge in [0.1, 0.15) is 6.10 Å². The Labute approximate surface area is 66.2 Å². The molecule has 0 saturated heterocycles. The average molecular weight is 156 g/mol. The molecule has 0 amide bonds. The topological polar surface area (TPSA) is 20.2 Å². The number of hydrogen-bond acceptors (Lipinski definition) is 2. The maximum atomic E-state index is 9.37. The highest BCUT2D eigenvalue weighted by molar-refractivity contribution is 8.00. The van der Waals surface area contributed by atoms with E-state index >= 15 is 0 Å². The Morgan fingerprint density at radius 3 is 2.40 bits per heavy atom. The quantitative estimate of drug-likeness (QED) is 0.607. The van der Waals surface area contributed by atoms with Crippen molar-refractivity contribution < 1.29 is 5.11 Å². The first kappa shape index (κ1) is 7.97. The van der Waals surface area contributed by atoms with Gasteiger partial charge in [-0.15, -0.1) is 6.42 Å². The molecule has 1 nitrogen and oxygen atoms in total. The largest absolute Gasteiger partial charge is 0.379 e. The van der Waals surface area contributed by atoms with E-state index in [9.17, 15) is 5.11 Å². The van der Waals surface area contributed by atoms with Crippen molar-refractivity contribution in [2.45, 2.75) is 30.1 Å². The van der Waals surface area contributed by atoms with Gasteiger partial charge in [-0.25, -0.2) is 0 Å². The molecule has 0 heterocycles. The maximum Gasteiger partial charge on any atom is 0.129 e. The summed E-state index contributed by atoms with van der Waals surface area (Å²) in [7, 11) is 0. The molecular weight excluding hydrogens is 144 g/mol. The summed E-state index contributed by atoms with van der Waals surface area (Å²) < 4.78 is 0.00868. The number of aliphatic hydroxyl groups excluding tert-OH is 1. The predicted molar refractivity (Wildman–Crippen MR) is 44.9 cm³/mol. The third-order valence-electron chi connectivity index (χ3n) is 2.26. The van der Waals surface area contributed by atoms with E-state index in [4.69, 9.17) is 6.42 Å². The molecule has 0 radical (unpaired) electrons. The fourth-order valence-corrected chi connectivity index (χ4v) is 2.25. The Morgan fingerprint density at radius 1 is 1.70 bits per heavy atom. The van der Waals surface area contributed by atoms with Gasteiger partial charge in [-0.1, -0.05) is 12.3 Å². The van der Waals surface area contributed by atoms with Crippen LogP contribution in [-0.2, 0) is 0 Å². The number of rotatable bonds is 2. The molecule has 0 aromatic rings. The molecule has 0 aliphatic heterocycles. The van der Waals surface area contributed by atoms with Crippen molar-refractivity contribution in [2.24, 2.45) is 0 Å². The van der Waals surface area contributed by atoms with Crippen molar-refractivity contribution in [3.63, 3.8) is 0 Å². The van der Waals surface area contributed by atoms with Gasteiger partial charge >= 0.3 is 0 Å². The van der Waals surface area contributed by atoms with Crippen LogP contribution >= 0.6 is 11.8 Å². The van der Waals surface area contributed by atoms with Crippen molar-refractivity contribution in [1.29, 1.82) is 0 Å². The Kier molecular flexibility index (Phi) is 2.28. The standard InChI is InChI=1S/C8H12OS/c1-3-7(9)8(10-2)5-4-6-8/h1,7,9H,4-6H2,2H3. The first-order chi connectivity index (χ1) is 4.75. The van der Waals surface area contributed by atoms with E-state index in [-0.39, 0.29) is 4.75 Å². The lowest BCUT2D eigenvalue weighted by Crippen LogP contribution is -2.44. The van der Waals surface area contributed by atoms with E-state index in [1.54, 1.807) is 11.8 Å². The van der Waals surface area contributed by atoms with Gasteiger partial charge in [0.05, 0.1) is 4.75 Å². The fraction of sp³-hybridized carbons (Fsp3) is 0.750. The SMILES string of the molecule is C#CC(O)C1(SC)CCC1. The van der Waals surface area contributed by atoms with Crippen molar-refractivity contribution in [3.8, 4) is 12.3 Å². The molecule has 1 rings (SSSR count). The van der Waals surface area contributed by atoms with Gasteiger partial charge in [-0.3, -0.25) is 0 Å². The second-order valence-corrected chi connectivity index (χ2v) is 3.91. The van der Waals surface area contributed by atoms with Crippen molar-refractivity contribution in [2.75, 3.05) is 6.26 Å². The molecule has 10 heavy (non-hydrogen) atoms. The summed E-state index contributed by atoms with van der Waals surface area (Å²) in [5.74, 6) is 2.39. The number of hydrogen-bond donors (Lipinski definition) is 1. The second-order valence-electron chi connectivity index (χ2n) is 2.69. The van der Waals surface area contributed by atoms with Gasteiger partial charge in [-0.2, -0.15) is 11.8 Å². The summed E-state index contributed by atoms with van der Waals surface area (Å²) in [4.78, 5) is 0. The highest BCUT2D eigenvalue weighted by atomic mass is 32.2. The van der Waals surface area contributed by atoms with E-state index in [1.165, 1.54) is 6.42 Å². The Hall–Kier alpha value is -0.130. The van der Waals surface area contributed by atoms with Crippen LogP contribution in [0.15, 0.2) is 0 Å². The molecule has 0 spiro atoms. The first-order valence-electron chi connectivity index (χ1n) is 3.44. The van der Waals surface area contributed by atoms with Crippen molar-refractivity contribution in [3.05, 3.63) is 0 Å². The predicted octanol–water partition coefficient (Wildman–Crippen LogP) is 1.27. The number of terminal acetylenes is 1. The molecule has 1 unspecified atom stereocenters. The van der Waals surface area contributed by atoms with E-state index in [2.05, 4.69) is 5.92 Å². The lowest BCUT2D eigenvalue weighted by Gasteiger charge is -2.42. The lowest BCUT2D eigenvalue weighted by atomic mass is 9.80. The smallest absolute Gasteiger partial charge is 0.129 e. The van der Waals surface area contributed by atoms with E-state index < -0.39 is 6.10 Å². The zero-order valence-corrected chi connectivity index (χ0v) is 6.95. The summed E-state index contributed by atoms with van der Waals surface area (Å²) in [5, 5.41) is 9.37. The van der Waals surface area contributed by atoms with Crippen LogP contribution < -0.4 is 0 Å². The third kappa shape index (κ3) is 1.04. The normalized spacial score (nSPS) is 24.5. The molecule has 56 valence electrons. The van der Waals surface area contributed by atoms with E-state index in [1.807, 2.05) is 6.26 Å². The molecule has 1 fully saturated rings. The minimum absolute atomic E-state index is 0.00868. The van der Waals surface area contributed by atoms with Crippen LogP contribution in [0.5, 0.6) is 0 Å². The molecule has 0 aromatic heterocycles. The molecular formula is C8H12OS. The van der Waals surface area contributed by atoms with Gasteiger partial charge in [0, 0.05) is 0 Å². The molecule has 2 heteroatoms. The van der Waals surface area contributed by atoms with Gasteiger partial charge in [-0.05, 0) is 19.1 Å². The summed E-state index contributed by atoms with van der Waals surface area (Å²) in [6.07, 6.45) is 9.94. The minimum atomic E-state index is -0.545. The van der Waals surface area contributed by atoms with Crippen LogP contribution in [0.3, 0.4) is 0 Å². The molecule has 1 aliphatic rings. The van der Waals surface area contributed by atoms with Crippen LogP contribution in [0.25, 0.3) is 0 Å². The fourth-order valence-electron chi connectivity index (χ4n) is 1.27. The average Bonchev–Trinajstić information content (AvgIpc) is 1.86. The lowest BCUT2D eigenvalue weighted by molar-refractivity contribution is 0.135. The zero-order chi connectivity index (χ0) is 7.61. The Morgan fingerprint density at radius 2 is 2.30 bits per heavy atom. The highest BCUT2D eigenvalue weighted by Crippen LogP contribution is 2.45. The first-order valence-corrected chi connectivity index (χ1v) is 4.67. The Balaban J connectivity index is 2.57.